The van der Waals surface area contributed by atoms with Crippen molar-refractivity contribution in [1.82, 2.24) is 10.0 Å². The highest BCUT2D eigenvalue weighted by Crippen LogP contribution is 2.12. The molecule has 0 radical (unpaired) electrons. The van der Waals surface area contributed by atoms with Gasteiger partial charge in [-0.15, -0.1) is 0 Å². The molecule has 2 N–H and O–H groups in total. The summed E-state index contributed by atoms with van der Waals surface area (Å²) in [4.78, 5) is 0.348. The molecule has 0 saturated carbocycles. The van der Waals surface area contributed by atoms with Crippen molar-refractivity contribution < 1.29 is 8.42 Å². The lowest BCUT2D eigenvalue weighted by molar-refractivity contribution is 0.398. The zero-order valence-electron chi connectivity index (χ0n) is 11.4. The molecule has 106 valence electrons. The van der Waals surface area contributed by atoms with Gasteiger partial charge in [-0.2, -0.15) is 0 Å². The van der Waals surface area contributed by atoms with Gasteiger partial charge < -0.3 is 5.32 Å². The topological polar surface area (TPSA) is 58.2 Å². The highest BCUT2D eigenvalue weighted by molar-refractivity contribution is 7.89. The van der Waals surface area contributed by atoms with Gasteiger partial charge in [0.1, 0.15) is 0 Å². The first-order valence-electron chi connectivity index (χ1n) is 6.94. The molecular formula is C14H22N2O2S. The minimum Gasteiger partial charge on any atom is -0.313 e. The predicted molar refractivity (Wildman–Crippen MR) is 76.7 cm³/mol. The van der Waals surface area contributed by atoms with E-state index in [1.807, 2.05) is 12.1 Å². The molecule has 4 nitrogen and oxygen atoms in total. The third-order valence-corrected chi connectivity index (χ3v) is 5.01. The predicted octanol–water partition coefficient (Wildman–Crippen LogP) is 1.67. The average Bonchev–Trinajstić information content (AvgIpc) is 2.46. The Balaban J connectivity index is 1.96. The quantitative estimate of drug-likeness (QED) is 0.863. The van der Waals surface area contributed by atoms with E-state index in [1.54, 1.807) is 12.1 Å². The molecule has 1 saturated heterocycles. The lowest BCUT2D eigenvalue weighted by Gasteiger charge is -2.23. The molecule has 19 heavy (non-hydrogen) atoms. The van der Waals surface area contributed by atoms with Gasteiger partial charge in [0.25, 0.3) is 0 Å². The summed E-state index contributed by atoms with van der Waals surface area (Å²) in [5.41, 5.74) is 1.15. The molecule has 0 aliphatic carbocycles. The Kier molecular flexibility index (Phi) is 4.96. The molecule has 5 heteroatoms. The Labute approximate surface area is 115 Å². The van der Waals surface area contributed by atoms with Crippen molar-refractivity contribution in [2.45, 2.75) is 43.5 Å². The van der Waals surface area contributed by atoms with E-state index in [4.69, 9.17) is 0 Å². The molecule has 0 bridgehead atoms. The number of rotatable bonds is 5. The van der Waals surface area contributed by atoms with Crippen LogP contribution >= 0.6 is 0 Å². The molecule has 1 unspecified atom stereocenters. The molecule has 0 amide bonds. The van der Waals surface area contributed by atoms with Gasteiger partial charge in [-0.1, -0.05) is 25.5 Å². The maximum atomic E-state index is 12.1. The van der Waals surface area contributed by atoms with Crippen molar-refractivity contribution in [3.63, 3.8) is 0 Å². The number of benzene rings is 1. The van der Waals surface area contributed by atoms with Crippen LogP contribution in [-0.4, -0.2) is 27.5 Å². The van der Waals surface area contributed by atoms with Crippen LogP contribution in [0.4, 0.5) is 0 Å². The summed E-state index contributed by atoms with van der Waals surface area (Å²) in [6, 6.07) is 7.35. The van der Waals surface area contributed by atoms with E-state index in [0.29, 0.717) is 11.4 Å². The van der Waals surface area contributed by atoms with Crippen LogP contribution < -0.4 is 10.0 Å². The van der Waals surface area contributed by atoms with E-state index in [2.05, 4.69) is 17.0 Å². The highest BCUT2D eigenvalue weighted by Gasteiger charge is 2.18. The summed E-state index contributed by atoms with van der Waals surface area (Å²) < 4.78 is 27.0. The number of sulfonamides is 1. The second kappa shape index (κ2) is 6.50. The lowest BCUT2D eigenvalue weighted by Crippen LogP contribution is -2.43. The highest BCUT2D eigenvalue weighted by atomic mass is 32.2. The van der Waals surface area contributed by atoms with E-state index in [-0.39, 0.29) is 6.04 Å². The van der Waals surface area contributed by atoms with E-state index in [1.165, 1.54) is 12.8 Å². The smallest absolute Gasteiger partial charge is 0.240 e. The van der Waals surface area contributed by atoms with Crippen LogP contribution in [0.25, 0.3) is 0 Å². The number of hydrogen-bond donors (Lipinski definition) is 2. The van der Waals surface area contributed by atoms with Gasteiger partial charge in [0.05, 0.1) is 4.90 Å². The fourth-order valence-corrected chi connectivity index (χ4v) is 3.38. The van der Waals surface area contributed by atoms with Crippen molar-refractivity contribution in [2.75, 3.05) is 13.1 Å². The molecule has 1 atom stereocenters. The molecule has 1 aromatic rings. The van der Waals surface area contributed by atoms with Gasteiger partial charge >= 0.3 is 0 Å². The number of aryl methyl sites for hydroxylation is 1. The zero-order valence-corrected chi connectivity index (χ0v) is 12.2. The molecular weight excluding hydrogens is 260 g/mol. The molecule has 1 aliphatic rings. The van der Waals surface area contributed by atoms with E-state index in [9.17, 15) is 8.42 Å². The van der Waals surface area contributed by atoms with Crippen molar-refractivity contribution in [3.05, 3.63) is 29.8 Å². The molecule has 0 spiro atoms. The van der Waals surface area contributed by atoms with Gasteiger partial charge in [-0.05, 0) is 43.5 Å². The monoisotopic (exact) mass is 282 g/mol. The Morgan fingerprint density at radius 1 is 1.26 bits per heavy atom. The molecule has 1 aliphatic heterocycles. The van der Waals surface area contributed by atoms with Gasteiger partial charge in [-0.3, -0.25) is 0 Å². The van der Waals surface area contributed by atoms with Gasteiger partial charge in [0.15, 0.2) is 0 Å². The number of nitrogens with one attached hydrogen (secondary N) is 2. The summed E-state index contributed by atoms with van der Waals surface area (Å²) in [7, 11) is -3.37. The first kappa shape index (κ1) is 14.5. The Morgan fingerprint density at radius 2 is 2.00 bits per heavy atom. The molecule has 1 heterocycles. The van der Waals surface area contributed by atoms with Gasteiger partial charge in [-0.25, -0.2) is 13.1 Å². The van der Waals surface area contributed by atoms with E-state index in [0.717, 1.165) is 24.9 Å². The molecule has 1 aromatic carbocycles. The molecule has 0 aromatic heterocycles. The summed E-state index contributed by atoms with van der Waals surface area (Å²) in [5.74, 6) is 0. The second-order valence-corrected chi connectivity index (χ2v) is 6.76. The normalized spacial score (nSPS) is 20.4. The van der Waals surface area contributed by atoms with Crippen molar-refractivity contribution in [2.24, 2.45) is 0 Å². The van der Waals surface area contributed by atoms with E-state index < -0.39 is 10.0 Å². The summed E-state index contributed by atoms with van der Waals surface area (Å²) in [5, 5.41) is 3.33. The largest absolute Gasteiger partial charge is 0.313 e. The maximum absolute atomic E-state index is 12.1. The minimum atomic E-state index is -3.37. The van der Waals surface area contributed by atoms with Crippen LogP contribution in [0.3, 0.4) is 0 Å². The average molecular weight is 282 g/mol. The lowest BCUT2D eigenvalue weighted by atomic mass is 10.1. The Morgan fingerprint density at radius 3 is 2.58 bits per heavy atom. The Hall–Kier alpha value is -0.910. The molecule has 2 rings (SSSR count). The van der Waals surface area contributed by atoms with Crippen molar-refractivity contribution >= 4 is 10.0 Å². The first-order valence-corrected chi connectivity index (χ1v) is 8.42. The van der Waals surface area contributed by atoms with Crippen LogP contribution in [0.2, 0.25) is 0 Å². The van der Waals surface area contributed by atoms with Crippen LogP contribution in [0.15, 0.2) is 29.2 Å². The fourth-order valence-electron chi connectivity index (χ4n) is 2.30. The maximum Gasteiger partial charge on any atom is 0.240 e. The number of piperidine rings is 1. The van der Waals surface area contributed by atoms with Crippen LogP contribution in [0, 0.1) is 0 Å². The summed E-state index contributed by atoms with van der Waals surface area (Å²) in [6.45, 7) is 3.51. The van der Waals surface area contributed by atoms with E-state index >= 15 is 0 Å². The van der Waals surface area contributed by atoms with Crippen LogP contribution in [-0.2, 0) is 16.4 Å². The Bertz CT molecular complexity index is 491. The zero-order chi connectivity index (χ0) is 13.7. The summed E-state index contributed by atoms with van der Waals surface area (Å²) >= 11 is 0. The second-order valence-electron chi connectivity index (χ2n) is 5.00. The standard InChI is InChI=1S/C14H22N2O2S/c1-2-12-6-8-14(9-7-12)19(17,18)16-11-13-5-3-4-10-15-13/h6-9,13,15-16H,2-5,10-11H2,1H3. The third-order valence-electron chi connectivity index (χ3n) is 3.57. The number of hydrogen-bond acceptors (Lipinski definition) is 3. The fraction of sp³-hybridized carbons (Fsp3) is 0.571. The summed E-state index contributed by atoms with van der Waals surface area (Å²) in [6.07, 6.45) is 4.31. The third kappa shape index (κ3) is 4.03. The van der Waals surface area contributed by atoms with Crippen LogP contribution in [0.1, 0.15) is 31.7 Å². The van der Waals surface area contributed by atoms with Crippen molar-refractivity contribution in [3.8, 4) is 0 Å². The van der Waals surface area contributed by atoms with Gasteiger partial charge in [0.2, 0.25) is 10.0 Å². The molecule has 1 fully saturated rings. The van der Waals surface area contributed by atoms with Crippen LogP contribution in [0.5, 0.6) is 0 Å². The SMILES string of the molecule is CCc1ccc(S(=O)(=O)NCC2CCCCN2)cc1. The first-order chi connectivity index (χ1) is 9.12. The van der Waals surface area contributed by atoms with Crippen molar-refractivity contribution in [1.29, 1.82) is 0 Å². The van der Waals surface area contributed by atoms with Gasteiger partial charge in [0, 0.05) is 12.6 Å². The minimum absolute atomic E-state index is 0.262.